The second-order valence-corrected chi connectivity index (χ2v) is 18.6. The van der Waals surface area contributed by atoms with Crippen LogP contribution in [0.4, 0.5) is 0 Å². The van der Waals surface area contributed by atoms with E-state index >= 15 is 0 Å². The van der Waals surface area contributed by atoms with Gasteiger partial charge < -0.3 is 4.42 Å². The molecule has 0 spiro atoms. The molecule has 0 aliphatic carbocycles. The Balaban J connectivity index is 1.18. The average molecular weight is 812 g/mol. The predicted molar refractivity (Wildman–Crippen MR) is 253 cm³/mol. The Bertz CT molecular complexity index is 3410. The number of nitrogens with zero attached hydrogens (tertiary/aromatic N) is 3. The Hall–Kier alpha value is -7.86. The Morgan fingerprint density at radius 3 is 1.52 bits per heavy atom. The number of hydrogen-bond acceptors (Lipinski definition) is 4. The molecule has 0 atom stereocenters. The minimum atomic E-state index is -1.98. The van der Waals surface area contributed by atoms with E-state index in [9.17, 15) is 0 Å². The maximum Gasteiger partial charge on any atom is 0.164 e. The summed E-state index contributed by atoms with van der Waals surface area (Å²) in [6.45, 7) is 0. The highest BCUT2D eigenvalue weighted by molar-refractivity contribution is 8.34. The summed E-state index contributed by atoms with van der Waals surface area (Å²) in [5.74, 6) is 1.81. The monoisotopic (exact) mass is 811 g/mol. The largest absolute Gasteiger partial charge is 0.456 e. The zero-order valence-corrected chi connectivity index (χ0v) is 34.3. The molecule has 12 rings (SSSR count). The first-order valence-corrected chi connectivity index (χ1v) is 22.5. The molecule has 0 saturated carbocycles. The standard InChI is InChI=1S/C57H37N3OS/c1-6-19-38(20-7-1)41-33-34-49-47(35-41)53-46(30-18-31-50(53)61-49)56-58-55(40-23-10-3-11-24-40)59-57(60-56)48-36-42(39-21-8-2-9-22-39)37-52-54(48)45-29-16-17-32-51(45)62(52,43-25-12-4-13-26-43)44-27-14-5-15-28-44/h1-37H. The van der Waals surface area contributed by atoms with E-state index in [2.05, 4.69) is 188 Å². The summed E-state index contributed by atoms with van der Waals surface area (Å²) in [7, 11) is -1.98. The van der Waals surface area contributed by atoms with Gasteiger partial charge in [-0.05, 0) is 88.5 Å². The van der Waals surface area contributed by atoms with Gasteiger partial charge >= 0.3 is 0 Å². The van der Waals surface area contributed by atoms with Crippen LogP contribution in [0.15, 0.2) is 248 Å². The van der Waals surface area contributed by atoms with E-state index in [4.69, 9.17) is 19.4 Å². The van der Waals surface area contributed by atoms with Crippen molar-refractivity contribution < 1.29 is 4.42 Å². The second kappa shape index (κ2) is 14.7. The summed E-state index contributed by atoms with van der Waals surface area (Å²) in [5.41, 5.74) is 11.2. The lowest BCUT2D eigenvalue weighted by Crippen LogP contribution is -2.03. The van der Waals surface area contributed by atoms with Crippen LogP contribution in [-0.2, 0) is 0 Å². The summed E-state index contributed by atoms with van der Waals surface area (Å²) in [4.78, 5) is 21.4. The van der Waals surface area contributed by atoms with Crippen LogP contribution >= 0.6 is 10.0 Å². The van der Waals surface area contributed by atoms with Gasteiger partial charge in [0.1, 0.15) is 11.2 Å². The van der Waals surface area contributed by atoms with E-state index < -0.39 is 10.0 Å². The van der Waals surface area contributed by atoms with Gasteiger partial charge in [-0.3, -0.25) is 0 Å². The number of furan rings is 1. The predicted octanol–water partition coefficient (Wildman–Crippen LogP) is 15.4. The molecule has 4 nitrogen and oxygen atoms in total. The van der Waals surface area contributed by atoms with Gasteiger partial charge in [-0.15, -0.1) is 10.0 Å². The normalized spacial score (nSPS) is 13.2. The van der Waals surface area contributed by atoms with Crippen molar-refractivity contribution in [3.63, 3.8) is 0 Å². The lowest BCUT2D eigenvalue weighted by Gasteiger charge is -2.39. The van der Waals surface area contributed by atoms with Gasteiger partial charge in [0.15, 0.2) is 17.5 Å². The average Bonchev–Trinajstić information content (AvgIpc) is 3.88. The molecule has 1 aliphatic rings. The van der Waals surface area contributed by atoms with Crippen LogP contribution in [0, 0.1) is 0 Å². The van der Waals surface area contributed by atoms with Crippen LogP contribution in [0.5, 0.6) is 0 Å². The van der Waals surface area contributed by atoms with Crippen molar-refractivity contribution in [3.8, 4) is 67.5 Å². The van der Waals surface area contributed by atoms with E-state index in [1.165, 1.54) is 25.1 Å². The smallest absolute Gasteiger partial charge is 0.164 e. The van der Waals surface area contributed by atoms with Crippen molar-refractivity contribution >= 4 is 32.0 Å². The summed E-state index contributed by atoms with van der Waals surface area (Å²) in [6.07, 6.45) is 0. The molecular weight excluding hydrogens is 775 g/mol. The first kappa shape index (κ1) is 36.0. The van der Waals surface area contributed by atoms with E-state index in [-0.39, 0.29) is 0 Å². The minimum Gasteiger partial charge on any atom is -0.456 e. The Morgan fingerprint density at radius 2 is 0.855 bits per heavy atom. The van der Waals surface area contributed by atoms with Crippen molar-refractivity contribution in [2.24, 2.45) is 0 Å². The first-order valence-electron chi connectivity index (χ1n) is 20.8. The first-order chi connectivity index (χ1) is 30.7. The van der Waals surface area contributed by atoms with Crippen LogP contribution in [0.3, 0.4) is 0 Å². The highest BCUT2D eigenvalue weighted by atomic mass is 32.3. The molecule has 0 N–H and O–H groups in total. The molecule has 9 aromatic carbocycles. The van der Waals surface area contributed by atoms with Crippen LogP contribution in [0.25, 0.3) is 89.5 Å². The summed E-state index contributed by atoms with van der Waals surface area (Å²) in [6, 6.07) is 79.8. The molecule has 5 heteroatoms. The van der Waals surface area contributed by atoms with E-state index in [0.29, 0.717) is 17.5 Å². The molecule has 0 bridgehead atoms. The highest BCUT2D eigenvalue weighted by Gasteiger charge is 2.43. The van der Waals surface area contributed by atoms with Gasteiger partial charge in [0.2, 0.25) is 0 Å². The third-order valence-corrected chi connectivity index (χ3v) is 15.9. The van der Waals surface area contributed by atoms with Crippen LogP contribution in [0.2, 0.25) is 0 Å². The SMILES string of the molecule is c1ccc(-c2cc(-c3nc(-c4ccccc4)nc(-c4cccc5oc6ccc(-c7ccccc7)cc6c45)n3)c3c(c2)S(c2ccccc2)(c2ccccc2)c2ccccc2-3)cc1. The molecular formula is C57H37N3OS. The van der Waals surface area contributed by atoms with Crippen molar-refractivity contribution in [3.05, 3.63) is 224 Å². The van der Waals surface area contributed by atoms with E-state index in [0.717, 1.165) is 66.4 Å². The topological polar surface area (TPSA) is 51.8 Å². The van der Waals surface area contributed by atoms with Gasteiger partial charge in [-0.2, -0.15) is 0 Å². The second-order valence-electron chi connectivity index (χ2n) is 15.5. The summed E-state index contributed by atoms with van der Waals surface area (Å²) < 4.78 is 6.54. The van der Waals surface area contributed by atoms with Crippen molar-refractivity contribution in [2.45, 2.75) is 19.6 Å². The van der Waals surface area contributed by atoms with E-state index in [1.54, 1.807) is 0 Å². The molecule has 0 fully saturated rings. The molecule has 292 valence electrons. The van der Waals surface area contributed by atoms with Crippen LogP contribution in [-0.4, -0.2) is 15.0 Å². The van der Waals surface area contributed by atoms with Gasteiger partial charge in [-0.25, -0.2) is 15.0 Å². The Kier molecular flexibility index (Phi) is 8.54. The quantitative estimate of drug-likeness (QED) is 0.161. The Labute approximate surface area is 361 Å². The third kappa shape index (κ3) is 5.74. The lowest BCUT2D eigenvalue weighted by molar-refractivity contribution is 0.669. The summed E-state index contributed by atoms with van der Waals surface area (Å²) in [5, 5.41) is 1.99. The number of rotatable bonds is 7. The molecule has 62 heavy (non-hydrogen) atoms. The molecule has 0 saturated heterocycles. The number of benzene rings is 9. The third-order valence-electron chi connectivity index (χ3n) is 12.0. The molecule has 3 heterocycles. The maximum atomic E-state index is 6.54. The van der Waals surface area contributed by atoms with Gasteiger partial charge in [0, 0.05) is 52.6 Å². The molecule has 2 aromatic heterocycles. The Morgan fingerprint density at radius 1 is 0.323 bits per heavy atom. The fraction of sp³-hybridized carbons (Fsp3) is 0. The molecule has 0 amide bonds. The maximum absolute atomic E-state index is 6.54. The zero-order valence-electron chi connectivity index (χ0n) is 33.5. The van der Waals surface area contributed by atoms with Crippen LogP contribution in [0.1, 0.15) is 0 Å². The van der Waals surface area contributed by atoms with Crippen molar-refractivity contribution in [1.29, 1.82) is 0 Å². The fourth-order valence-electron chi connectivity index (χ4n) is 9.22. The highest BCUT2D eigenvalue weighted by Crippen LogP contribution is 2.80. The molecule has 11 aromatic rings. The van der Waals surface area contributed by atoms with Crippen molar-refractivity contribution in [1.82, 2.24) is 15.0 Å². The molecule has 0 radical (unpaired) electrons. The van der Waals surface area contributed by atoms with Gasteiger partial charge in [-0.1, -0.05) is 164 Å². The number of fused-ring (bicyclic) bond motifs is 6. The van der Waals surface area contributed by atoms with Crippen LogP contribution < -0.4 is 0 Å². The molecule has 0 unspecified atom stereocenters. The van der Waals surface area contributed by atoms with Crippen molar-refractivity contribution in [2.75, 3.05) is 0 Å². The fourth-order valence-corrected chi connectivity index (χ4v) is 13.5. The minimum absolute atomic E-state index is 0.585. The molecule has 1 aliphatic heterocycles. The lowest BCUT2D eigenvalue weighted by atomic mass is 9.94. The van der Waals surface area contributed by atoms with Gasteiger partial charge in [0.25, 0.3) is 0 Å². The summed E-state index contributed by atoms with van der Waals surface area (Å²) >= 11 is 0. The number of hydrogen-bond donors (Lipinski definition) is 0. The zero-order chi connectivity index (χ0) is 41.0. The van der Waals surface area contributed by atoms with Gasteiger partial charge in [0.05, 0.1) is 0 Å². The number of aromatic nitrogens is 3. The van der Waals surface area contributed by atoms with E-state index in [1.807, 2.05) is 36.4 Å².